The lowest BCUT2D eigenvalue weighted by Crippen LogP contribution is -2.54. The molecule has 4 N–H and O–H groups in total. The molecule has 0 aromatic heterocycles. The number of hydrogen-bond acceptors (Lipinski definition) is 4. The first-order valence-electron chi connectivity index (χ1n) is 8.47. The van der Waals surface area contributed by atoms with Crippen molar-refractivity contribution in [1.29, 1.82) is 0 Å². The van der Waals surface area contributed by atoms with Crippen LogP contribution in [-0.4, -0.2) is 32.0 Å². The van der Waals surface area contributed by atoms with Gasteiger partial charge < -0.3 is 5.32 Å². The van der Waals surface area contributed by atoms with Gasteiger partial charge in [0.15, 0.2) is 5.11 Å². The molecule has 1 amide bonds. The summed E-state index contributed by atoms with van der Waals surface area (Å²) in [4.78, 5) is 12.6. The standard InChI is InChI=1S/C18H21ClN4O3S2/c1-2-20-18(27)22-21-17(24)16(12-13-6-4-3-5-7-13)23-28(25,26)15-10-8-14(19)9-11-15/h3-11,16,23H,2,12H2,1H3,(H,21,24)(H2,20,22,27)/t16-/m1/s1. The first-order valence-corrected chi connectivity index (χ1v) is 10.7. The third-order valence-electron chi connectivity index (χ3n) is 3.66. The predicted molar refractivity (Wildman–Crippen MR) is 113 cm³/mol. The molecule has 150 valence electrons. The highest BCUT2D eigenvalue weighted by Crippen LogP contribution is 2.15. The van der Waals surface area contributed by atoms with E-state index >= 15 is 0 Å². The number of hydrazine groups is 1. The van der Waals surface area contributed by atoms with Gasteiger partial charge in [-0.2, -0.15) is 4.72 Å². The summed E-state index contributed by atoms with van der Waals surface area (Å²) in [7, 11) is -3.94. The molecule has 7 nitrogen and oxygen atoms in total. The van der Waals surface area contributed by atoms with E-state index < -0.39 is 22.0 Å². The SMILES string of the molecule is CCNC(=S)NNC(=O)[C@@H](Cc1ccccc1)NS(=O)(=O)c1ccc(Cl)cc1. The monoisotopic (exact) mass is 440 g/mol. The van der Waals surface area contributed by atoms with Crippen LogP contribution in [0.4, 0.5) is 0 Å². The highest BCUT2D eigenvalue weighted by molar-refractivity contribution is 7.89. The second kappa shape index (κ2) is 10.4. The highest BCUT2D eigenvalue weighted by atomic mass is 35.5. The average molecular weight is 441 g/mol. The molecule has 2 aromatic carbocycles. The number of rotatable bonds is 7. The number of benzene rings is 2. The number of sulfonamides is 1. The molecule has 0 saturated heterocycles. The summed E-state index contributed by atoms with van der Waals surface area (Å²) < 4.78 is 27.8. The first-order chi connectivity index (χ1) is 13.3. The Hall–Kier alpha value is -2.20. The predicted octanol–water partition coefficient (Wildman–Crippen LogP) is 1.74. The molecule has 2 aromatic rings. The maximum atomic E-state index is 12.7. The highest BCUT2D eigenvalue weighted by Gasteiger charge is 2.26. The quantitative estimate of drug-likeness (QED) is 0.386. The van der Waals surface area contributed by atoms with Crippen molar-refractivity contribution in [3.8, 4) is 0 Å². The molecule has 0 heterocycles. The molecule has 10 heteroatoms. The molecule has 0 radical (unpaired) electrons. The molecule has 0 aliphatic rings. The smallest absolute Gasteiger partial charge is 0.256 e. The summed E-state index contributed by atoms with van der Waals surface area (Å²) in [6.45, 7) is 2.44. The fraction of sp³-hybridized carbons (Fsp3) is 0.222. The van der Waals surface area contributed by atoms with Crippen LogP contribution < -0.4 is 20.9 Å². The van der Waals surface area contributed by atoms with E-state index in [9.17, 15) is 13.2 Å². The van der Waals surface area contributed by atoms with Gasteiger partial charge in [-0.3, -0.25) is 15.6 Å². The maximum Gasteiger partial charge on any atom is 0.256 e. The molecule has 0 aliphatic carbocycles. The van der Waals surface area contributed by atoms with Crippen molar-refractivity contribution in [3.63, 3.8) is 0 Å². The second-order valence-corrected chi connectivity index (χ2v) is 8.35. The number of carbonyl (C=O) groups is 1. The molecule has 1 atom stereocenters. The third kappa shape index (κ3) is 6.75. The molecule has 0 bridgehead atoms. The van der Waals surface area contributed by atoms with Gasteiger partial charge in [0.2, 0.25) is 10.0 Å². The van der Waals surface area contributed by atoms with Gasteiger partial charge in [0, 0.05) is 11.6 Å². The Labute approximate surface area is 174 Å². The van der Waals surface area contributed by atoms with Crippen LogP contribution in [0.1, 0.15) is 12.5 Å². The average Bonchev–Trinajstić information content (AvgIpc) is 2.67. The van der Waals surface area contributed by atoms with E-state index in [-0.39, 0.29) is 16.4 Å². The summed E-state index contributed by atoms with van der Waals surface area (Å²) in [6, 6.07) is 13.7. The van der Waals surface area contributed by atoms with Crippen molar-refractivity contribution in [2.24, 2.45) is 0 Å². The zero-order valence-corrected chi connectivity index (χ0v) is 17.5. The van der Waals surface area contributed by atoms with Gasteiger partial charge in [-0.05, 0) is 55.4 Å². The lowest BCUT2D eigenvalue weighted by atomic mass is 10.1. The minimum Gasteiger partial charge on any atom is -0.362 e. The summed E-state index contributed by atoms with van der Waals surface area (Å²) in [5.41, 5.74) is 5.78. The van der Waals surface area contributed by atoms with Gasteiger partial charge in [-0.15, -0.1) is 0 Å². The van der Waals surface area contributed by atoms with E-state index in [1.165, 1.54) is 24.3 Å². The van der Waals surface area contributed by atoms with E-state index in [4.69, 9.17) is 23.8 Å². The molecular weight excluding hydrogens is 420 g/mol. The number of halogens is 1. The van der Waals surface area contributed by atoms with Crippen molar-refractivity contribution < 1.29 is 13.2 Å². The van der Waals surface area contributed by atoms with Crippen LogP contribution in [0.25, 0.3) is 0 Å². The molecule has 0 saturated carbocycles. The van der Waals surface area contributed by atoms with Gasteiger partial charge in [-0.25, -0.2) is 8.42 Å². The molecule has 0 fully saturated rings. The molecule has 2 rings (SSSR count). The summed E-state index contributed by atoms with van der Waals surface area (Å²) in [6.07, 6.45) is 0.162. The fourth-order valence-electron chi connectivity index (χ4n) is 2.32. The third-order valence-corrected chi connectivity index (χ3v) is 5.64. The van der Waals surface area contributed by atoms with E-state index in [2.05, 4.69) is 20.9 Å². The van der Waals surface area contributed by atoms with Crippen LogP contribution in [0.3, 0.4) is 0 Å². The van der Waals surface area contributed by atoms with Crippen LogP contribution >= 0.6 is 23.8 Å². The van der Waals surface area contributed by atoms with Crippen LogP contribution in [0.15, 0.2) is 59.5 Å². The lowest BCUT2D eigenvalue weighted by molar-refractivity contribution is -0.123. The number of hydrogen-bond donors (Lipinski definition) is 4. The lowest BCUT2D eigenvalue weighted by Gasteiger charge is -2.19. The summed E-state index contributed by atoms with van der Waals surface area (Å²) in [5.74, 6) is -0.568. The second-order valence-electron chi connectivity index (χ2n) is 5.79. The van der Waals surface area contributed by atoms with Crippen molar-refractivity contribution in [1.82, 2.24) is 20.9 Å². The van der Waals surface area contributed by atoms with Gasteiger partial charge in [-0.1, -0.05) is 41.9 Å². The van der Waals surface area contributed by atoms with E-state index in [0.717, 1.165) is 5.56 Å². The number of nitrogens with one attached hydrogen (secondary N) is 4. The Morgan fingerprint density at radius 3 is 2.32 bits per heavy atom. The van der Waals surface area contributed by atoms with E-state index in [1.807, 2.05) is 37.3 Å². The number of carbonyl (C=O) groups excluding carboxylic acids is 1. The topological polar surface area (TPSA) is 99.3 Å². The van der Waals surface area contributed by atoms with Gasteiger partial charge in [0.1, 0.15) is 6.04 Å². The molecule has 0 unspecified atom stereocenters. The van der Waals surface area contributed by atoms with Crippen LogP contribution in [0, 0.1) is 0 Å². The Morgan fingerprint density at radius 2 is 1.71 bits per heavy atom. The van der Waals surface area contributed by atoms with Crippen molar-refractivity contribution in [2.45, 2.75) is 24.3 Å². The Kier molecular flexibility index (Phi) is 8.18. The van der Waals surface area contributed by atoms with Crippen molar-refractivity contribution in [3.05, 3.63) is 65.2 Å². The maximum absolute atomic E-state index is 12.7. The van der Waals surface area contributed by atoms with Gasteiger partial charge in [0.25, 0.3) is 5.91 Å². The zero-order chi connectivity index (χ0) is 20.6. The Balaban J connectivity index is 2.18. The van der Waals surface area contributed by atoms with Crippen LogP contribution in [-0.2, 0) is 21.2 Å². The minimum absolute atomic E-state index is 0.0129. The van der Waals surface area contributed by atoms with Gasteiger partial charge in [0.05, 0.1) is 4.90 Å². The Morgan fingerprint density at radius 1 is 1.07 bits per heavy atom. The molecule has 0 spiro atoms. The zero-order valence-electron chi connectivity index (χ0n) is 15.1. The summed E-state index contributed by atoms with van der Waals surface area (Å²) in [5, 5.41) is 3.47. The number of amides is 1. The van der Waals surface area contributed by atoms with Crippen molar-refractivity contribution in [2.75, 3.05) is 6.54 Å². The molecule has 28 heavy (non-hydrogen) atoms. The number of thiocarbonyl (C=S) groups is 1. The normalized spacial score (nSPS) is 12.1. The Bertz CT molecular complexity index is 906. The van der Waals surface area contributed by atoms with Crippen molar-refractivity contribution >= 4 is 44.9 Å². The molecule has 0 aliphatic heterocycles. The van der Waals surface area contributed by atoms with Gasteiger partial charge >= 0.3 is 0 Å². The largest absolute Gasteiger partial charge is 0.362 e. The minimum atomic E-state index is -3.94. The first kappa shape index (κ1) is 22.1. The van der Waals surface area contributed by atoms with E-state index in [0.29, 0.717) is 11.6 Å². The summed E-state index contributed by atoms with van der Waals surface area (Å²) >= 11 is 10.8. The fourth-order valence-corrected chi connectivity index (χ4v) is 3.83. The van der Waals surface area contributed by atoms with Crippen LogP contribution in [0.5, 0.6) is 0 Å². The van der Waals surface area contributed by atoms with E-state index in [1.54, 1.807) is 0 Å². The van der Waals surface area contributed by atoms with Crippen LogP contribution in [0.2, 0.25) is 5.02 Å². The molecular formula is C18H21ClN4O3S2.